The fourth-order valence-corrected chi connectivity index (χ4v) is 2.82. The standard InChI is InChI=1S/C16H14N4O4S/c1-24-16(21)14-12-4-2-3-5-13(12)15(20-19-14)18-10-6-8-11(9-7-10)25(17,22)23/h2-9H,1H3,(H,18,20)(H2,17,22,23). The van der Waals surface area contributed by atoms with E-state index in [0.29, 0.717) is 22.3 Å². The minimum Gasteiger partial charge on any atom is -0.464 e. The molecule has 3 aromatic rings. The molecule has 0 atom stereocenters. The Balaban J connectivity index is 2.01. The van der Waals surface area contributed by atoms with E-state index in [4.69, 9.17) is 9.88 Å². The van der Waals surface area contributed by atoms with Crippen molar-refractivity contribution in [2.24, 2.45) is 5.14 Å². The lowest BCUT2D eigenvalue weighted by Gasteiger charge is -2.10. The Morgan fingerprint density at radius 2 is 1.68 bits per heavy atom. The number of nitrogens with one attached hydrogen (secondary N) is 1. The van der Waals surface area contributed by atoms with Gasteiger partial charge in [-0.1, -0.05) is 24.3 Å². The summed E-state index contributed by atoms with van der Waals surface area (Å²) in [6.07, 6.45) is 0. The van der Waals surface area contributed by atoms with Crippen LogP contribution in [0.25, 0.3) is 10.8 Å². The third-order valence-corrected chi connectivity index (χ3v) is 4.44. The number of carbonyl (C=O) groups excluding carboxylic acids is 1. The number of fused-ring (bicyclic) bond motifs is 1. The van der Waals surface area contributed by atoms with Crippen molar-refractivity contribution >= 4 is 38.3 Å². The summed E-state index contributed by atoms with van der Waals surface area (Å²) < 4.78 is 27.3. The van der Waals surface area contributed by atoms with Gasteiger partial charge in [-0.3, -0.25) is 0 Å². The van der Waals surface area contributed by atoms with Crippen molar-refractivity contribution in [3.05, 3.63) is 54.2 Å². The molecule has 0 saturated heterocycles. The molecule has 9 heteroatoms. The van der Waals surface area contributed by atoms with Gasteiger partial charge in [0.25, 0.3) is 0 Å². The van der Waals surface area contributed by atoms with Crippen molar-refractivity contribution in [1.82, 2.24) is 10.2 Å². The Morgan fingerprint density at radius 3 is 2.28 bits per heavy atom. The summed E-state index contributed by atoms with van der Waals surface area (Å²) in [6, 6.07) is 13.0. The molecule has 0 radical (unpaired) electrons. The van der Waals surface area contributed by atoms with Crippen LogP contribution in [-0.4, -0.2) is 31.7 Å². The fourth-order valence-electron chi connectivity index (χ4n) is 2.31. The fraction of sp³-hybridized carbons (Fsp3) is 0.0625. The number of ether oxygens (including phenoxy) is 1. The summed E-state index contributed by atoms with van der Waals surface area (Å²) in [5.41, 5.74) is 0.714. The number of hydrogen-bond acceptors (Lipinski definition) is 7. The Hall–Kier alpha value is -3.04. The SMILES string of the molecule is COC(=O)c1nnc(Nc2ccc(S(N)(=O)=O)cc2)c2ccccc12. The second-order valence-electron chi connectivity index (χ2n) is 5.13. The monoisotopic (exact) mass is 358 g/mol. The lowest BCUT2D eigenvalue weighted by molar-refractivity contribution is 0.0595. The zero-order chi connectivity index (χ0) is 18.0. The number of sulfonamides is 1. The quantitative estimate of drug-likeness (QED) is 0.681. The van der Waals surface area contributed by atoms with E-state index in [1.54, 1.807) is 36.4 Å². The number of aromatic nitrogens is 2. The number of carbonyl (C=O) groups is 1. The van der Waals surface area contributed by atoms with Gasteiger partial charge in [-0.2, -0.15) is 0 Å². The molecule has 0 bridgehead atoms. The predicted octanol–water partition coefficient (Wildman–Crippen LogP) is 1.81. The molecule has 0 spiro atoms. The molecule has 0 aliphatic heterocycles. The second kappa shape index (κ2) is 6.46. The van der Waals surface area contributed by atoms with Gasteiger partial charge in [-0.25, -0.2) is 18.4 Å². The zero-order valence-corrected chi connectivity index (χ0v) is 13.9. The van der Waals surface area contributed by atoms with Gasteiger partial charge in [-0.15, -0.1) is 10.2 Å². The first-order valence-electron chi connectivity index (χ1n) is 7.14. The van der Waals surface area contributed by atoms with Gasteiger partial charge in [0.15, 0.2) is 11.5 Å². The lowest BCUT2D eigenvalue weighted by atomic mass is 10.1. The summed E-state index contributed by atoms with van der Waals surface area (Å²) in [4.78, 5) is 11.8. The van der Waals surface area contributed by atoms with E-state index in [-0.39, 0.29) is 10.6 Å². The molecule has 1 aromatic heterocycles. The maximum absolute atomic E-state index is 11.8. The van der Waals surface area contributed by atoms with Gasteiger partial charge < -0.3 is 10.1 Å². The summed E-state index contributed by atoms with van der Waals surface area (Å²) in [7, 11) is -2.48. The van der Waals surface area contributed by atoms with Crippen LogP contribution in [0, 0.1) is 0 Å². The van der Waals surface area contributed by atoms with E-state index >= 15 is 0 Å². The molecule has 1 heterocycles. The molecule has 0 aliphatic rings. The Kier molecular flexibility index (Phi) is 4.34. The first-order chi connectivity index (χ1) is 11.9. The number of methoxy groups -OCH3 is 1. The number of benzene rings is 2. The summed E-state index contributed by atoms with van der Waals surface area (Å²) in [5.74, 6) is -0.153. The summed E-state index contributed by atoms with van der Waals surface area (Å²) in [6.45, 7) is 0. The molecule has 2 aromatic carbocycles. The van der Waals surface area contributed by atoms with Crippen LogP contribution in [-0.2, 0) is 14.8 Å². The van der Waals surface area contributed by atoms with Gasteiger partial charge in [0.1, 0.15) is 0 Å². The van der Waals surface area contributed by atoms with Crippen molar-refractivity contribution < 1.29 is 17.9 Å². The highest BCUT2D eigenvalue weighted by atomic mass is 32.2. The van der Waals surface area contributed by atoms with Crippen molar-refractivity contribution in [1.29, 1.82) is 0 Å². The smallest absolute Gasteiger partial charge is 0.359 e. The van der Waals surface area contributed by atoms with Crippen LogP contribution in [0.2, 0.25) is 0 Å². The predicted molar refractivity (Wildman–Crippen MR) is 92.0 cm³/mol. The second-order valence-corrected chi connectivity index (χ2v) is 6.69. The number of nitrogens with zero attached hydrogens (tertiary/aromatic N) is 2. The Labute approximate surface area is 143 Å². The average Bonchev–Trinajstić information content (AvgIpc) is 2.61. The van der Waals surface area contributed by atoms with E-state index < -0.39 is 16.0 Å². The van der Waals surface area contributed by atoms with Gasteiger partial charge in [0, 0.05) is 16.5 Å². The van der Waals surface area contributed by atoms with E-state index in [1.165, 1.54) is 19.2 Å². The van der Waals surface area contributed by atoms with Crippen molar-refractivity contribution in [3.63, 3.8) is 0 Å². The van der Waals surface area contributed by atoms with Gasteiger partial charge in [-0.05, 0) is 24.3 Å². The van der Waals surface area contributed by atoms with Crippen LogP contribution < -0.4 is 10.5 Å². The van der Waals surface area contributed by atoms with Crippen molar-refractivity contribution in [2.45, 2.75) is 4.90 Å². The van der Waals surface area contributed by atoms with Gasteiger partial charge >= 0.3 is 5.97 Å². The molecule has 0 amide bonds. The normalized spacial score (nSPS) is 11.3. The van der Waals surface area contributed by atoms with E-state index in [9.17, 15) is 13.2 Å². The third-order valence-electron chi connectivity index (χ3n) is 3.51. The molecule has 3 N–H and O–H groups in total. The molecule has 128 valence electrons. The minimum atomic E-state index is -3.75. The van der Waals surface area contributed by atoms with Crippen LogP contribution in [0.3, 0.4) is 0 Å². The van der Waals surface area contributed by atoms with Crippen LogP contribution in [0.5, 0.6) is 0 Å². The largest absolute Gasteiger partial charge is 0.464 e. The van der Waals surface area contributed by atoms with Gasteiger partial charge in [0.05, 0.1) is 12.0 Å². The number of hydrogen-bond donors (Lipinski definition) is 2. The maximum atomic E-state index is 11.8. The number of anilines is 2. The van der Waals surface area contributed by atoms with Crippen molar-refractivity contribution in [3.8, 4) is 0 Å². The maximum Gasteiger partial charge on any atom is 0.359 e. The van der Waals surface area contributed by atoms with Crippen LogP contribution in [0.15, 0.2) is 53.4 Å². The Morgan fingerprint density at radius 1 is 1.04 bits per heavy atom. The first-order valence-corrected chi connectivity index (χ1v) is 8.68. The summed E-state index contributed by atoms with van der Waals surface area (Å²) in [5, 5.41) is 17.4. The highest BCUT2D eigenvalue weighted by Gasteiger charge is 2.16. The molecule has 0 unspecified atom stereocenters. The molecule has 0 fully saturated rings. The molecular formula is C16H14N4O4S. The van der Waals surface area contributed by atoms with E-state index in [0.717, 1.165) is 0 Å². The van der Waals surface area contributed by atoms with Crippen LogP contribution >= 0.6 is 0 Å². The highest BCUT2D eigenvalue weighted by molar-refractivity contribution is 7.89. The molecule has 0 saturated carbocycles. The van der Waals surface area contributed by atoms with E-state index in [2.05, 4.69) is 15.5 Å². The molecule has 3 rings (SSSR count). The van der Waals surface area contributed by atoms with Gasteiger partial charge in [0.2, 0.25) is 10.0 Å². The number of nitrogens with two attached hydrogens (primary N) is 1. The molecule has 0 aliphatic carbocycles. The topological polar surface area (TPSA) is 124 Å². The zero-order valence-electron chi connectivity index (χ0n) is 13.1. The van der Waals surface area contributed by atoms with Crippen LogP contribution in [0.4, 0.5) is 11.5 Å². The minimum absolute atomic E-state index is 0.00929. The Bertz CT molecular complexity index is 1050. The molecule has 8 nitrogen and oxygen atoms in total. The number of esters is 1. The first kappa shape index (κ1) is 16.8. The molecular weight excluding hydrogens is 344 g/mol. The average molecular weight is 358 g/mol. The van der Waals surface area contributed by atoms with E-state index in [1.807, 2.05) is 0 Å². The number of primary sulfonamides is 1. The third kappa shape index (κ3) is 3.42. The van der Waals surface area contributed by atoms with Crippen molar-refractivity contribution in [2.75, 3.05) is 12.4 Å². The molecule has 25 heavy (non-hydrogen) atoms. The number of rotatable bonds is 4. The summed E-state index contributed by atoms with van der Waals surface area (Å²) >= 11 is 0. The highest BCUT2D eigenvalue weighted by Crippen LogP contribution is 2.26. The lowest BCUT2D eigenvalue weighted by Crippen LogP contribution is -2.12. The van der Waals surface area contributed by atoms with Crippen LogP contribution in [0.1, 0.15) is 10.5 Å².